The lowest BCUT2D eigenvalue weighted by Gasteiger charge is -2.29. The van der Waals surface area contributed by atoms with Gasteiger partial charge < -0.3 is 5.32 Å². The highest BCUT2D eigenvalue weighted by Gasteiger charge is 2.16. The average Bonchev–Trinajstić information content (AvgIpc) is 2.23. The average molecular weight is 220 g/mol. The molecule has 1 N–H and O–H groups in total. The van der Waals surface area contributed by atoms with Crippen LogP contribution in [0.4, 0.5) is 0 Å². The van der Waals surface area contributed by atoms with Crippen LogP contribution in [-0.2, 0) is 0 Å². The molecule has 0 spiro atoms. The first kappa shape index (κ1) is 16.7. The number of piperidine rings is 1. The fourth-order valence-corrected chi connectivity index (χ4v) is 1.82. The lowest BCUT2D eigenvalue weighted by molar-refractivity contribution is 0.271. The molecule has 0 aromatic carbocycles. The van der Waals surface area contributed by atoms with Crippen molar-refractivity contribution in [3.05, 3.63) is 0 Å². The van der Waals surface area contributed by atoms with Crippen molar-refractivity contribution >= 4 is 12.8 Å². The quantitative estimate of drug-likeness (QED) is 0.661. The van der Waals surface area contributed by atoms with Crippen molar-refractivity contribution in [2.24, 2.45) is 0 Å². The second-order valence-electron chi connectivity index (χ2n) is 3.22. The van der Waals surface area contributed by atoms with Gasteiger partial charge >= 0.3 is 0 Å². The van der Waals surface area contributed by atoms with E-state index in [-0.39, 0.29) is 0 Å². The predicted octanol–water partition coefficient (Wildman–Crippen LogP) is 2.96. The lowest BCUT2D eigenvalue weighted by Crippen LogP contribution is -2.31. The zero-order valence-corrected chi connectivity index (χ0v) is 11.4. The summed E-state index contributed by atoms with van der Waals surface area (Å²) in [6, 6.07) is 0.752. The van der Waals surface area contributed by atoms with E-state index in [1.807, 2.05) is 27.9 Å². The topological polar surface area (TPSA) is 15.3 Å². The Morgan fingerprint density at radius 2 is 1.79 bits per heavy atom. The summed E-state index contributed by atoms with van der Waals surface area (Å²) in [6.07, 6.45) is 5.33. The minimum absolute atomic E-state index is 0.752. The Labute approximate surface area is 96.0 Å². The van der Waals surface area contributed by atoms with E-state index >= 15 is 0 Å². The molecule has 0 saturated carbocycles. The maximum atomic E-state index is 4.37. The molecular formula is C11H28N2S. The van der Waals surface area contributed by atoms with Gasteiger partial charge in [0.15, 0.2) is 0 Å². The van der Waals surface area contributed by atoms with Crippen LogP contribution < -0.4 is 5.32 Å². The minimum atomic E-state index is 0.752. The normalized spacial score (nSPS) is 21.4. The van der Waals surface area contributed by atoms with Crippen molar-refractivity contribution in [1.29, 1.82) is 0 Å². The summed E-state index contributed by atoms with van der Waals surface area (Å²) >= 11 is 4.37. The van der Waals surface area contributed by atoms with Crippen molar-refractivity contribution < 1.29 is 0 Å². The Bertz CT molecular complexity index is 99.3. The molecular weight excluding hydrogens is 192 g/mol. The van der Waals surface area contributed by atoms with Gasteiger partial charge in [0.25, 0.3) is 0 Å². The van der Waals surface area contributed by atoms with Gasteiger partial charge in [-0.05, 0) is 33.4 Å². The number of rotatable bonds is 1. The highest BCUT2D eigenvalue weighted by Crippen LogP contribution is 2.20. The molecule has 1 atom stereocenters. The zero-order valence-electron chi connectivity index (χ0n) is 10.5. The lowest BCUT2D eigenvalue weighted by atomic mass is 10.0. The fourth-order valence-electron chi connectivity index (χ4n) is 1.40. The van der Waals surface area contributed by atoms with Crippen LogP contribution in [0.1, 0.15) is 46.5 Å². The number of nitrogens with zero attached hydrogens (tertiary/aromatic N) is 1. The first-order valence-corrected chi connectivity index (χ1v) is 6.20. The van der Waals surface area contributed by atoms with Gasteiger partial charge in [-0.3, -0.25) is 4.31 Å². The molecule has 0 radical (unpaired) electrons. The third-order valence-corrected chi connectivity index (χ3v) is 2.59. The summed E-state index contributed by atoms with van der Waals surface area (Å²) in [5, 5.41) is 2.75. The first-order chi connectivity index (χ1) is 6.76. The molecule has 1 fully saturated rings. The molecule has 0 amide bonds. The molecule has 1 heterocycles. The summed E-state index contributed by atoms with van der Waals surface area (Å²) in [4.78, 5) is 0. The summed E-state index contributed by atoms with van der Waals surface area (Å²) in [5.74, 6) is 0. The standard InChI is InChI=1S/C7H15NS.C2H7N.C2H6/c1-2-7-5-3-4-6-8(7)9;1-3-2;1-2/h7,9H,2-6H2,1H3;3H,1-2H3;1-2H3. The van der Waals surface area contributed by atoms with Crippen molar-refractivity contribution in [2.45, 2.75) is 52.5 Å². The SMILES string of the molecule is CC.CCC1CCCCN1S.CNC. The molecule has 0 bridgehead atoms. The van der Waals surface area contributed by atoms with Gasteiger partial charge in [-0.2, -0.15) is 0 Å². The van der Waals surface area contributed by atoms with Gasteiger partial charge in [0.05, 0.1) is 0 Å². The van der Waals surface area contributed by atoms with E-state index in [0.717, 1.165) is 6.04 Å². The van der Waals surface area contributed by atoms with E-state index in [1.165, 1.54) is 32.2 Å². The molecule has 0 aromatic rings. The van der Waals surface area contributed by atoms with Crippen molar-refractivity contribution in [2.75, 3.05) is 20.6 Å². The number of hydrogen-bond acceptors (Lipinski definition) is 3. The van der Waals surface area contributed by atoms with E-state index in [2.05, 4.69) is 29.4 Å². The van der Waals surface area contributed by atoms with Crippen LogP contribution in [0.15, 0.2) is 0 Å². The maximum Gasteiger partial charge on any atom is 0.0197 e. The Kier molecular flexibility index (Phi) is 15.8. The molecule has 1 aliphatic rings. The molecule has 1 saturated heterocycles. The van der Waals surface area contributed by atoms with Crippen molar-refractivity contribution in [1.82, 2.24) is 9.62 Å². The Morgan fingerprint density at radius 3 is 2.07 bits per heavy atom. The van der Waals surface area contributed by atoms with Gasteiger partial charge in [-0.1, -0.05) is 40.0 Å². The third kappa shape index (κ3) is 8.85. The van der Waals surface area contributed by atoms with Crippen LogP contribution in [0.2, 0.25) is 0 Å². The van der Waals surface area contributed by atoms with Crippen LogP contribution in [0.3, 0.4) is 0 Å². The van der Waals surface area contributed by atoms with Gasteiger partial charge in [0, 0.05) is 12.6 Å². The molecule has 88 valence electrons. The second-order valence-corrected chi connectivity index (χ2v) is 3.73. The minimum Gasteiger partial charge on any atom is -0.323 e. The van der Waals surface area contributed by atoms with Crippen LogP contribution in [-0.4, -0.2) is 31.0 Å². The van der Waals surface area contributed by atoms with Crippen molar-refractivity contribution in [3.8, 4) is 0 Å². The summed E-state index contributed by atoms with van der Waals surface area (Å²) in [7, 11) is 3.75. The van der Waals surface area contributed by atoms with E-state index in [9.17, 15) is 0 Å². The molecule has 3 heteroatoms. The van der Waals surface area contributed by atoms with E-state index in [4.69, 9.17) is 0 Å². The van der Waals surface area contributed by atoms with Crippen LogP contribution in [0, 0.1) is 0 Å². The van der Waals surface area contributed by atoms with Gasteiger partial charge in [0.2, 0.25) is 0 Å². The molecule has 2 nitrogen and oxygen atoms in total. The summed E-state index contributed by atoms with van der Waals surface area (Å²) in [5.41, 5.74) is 0. The zero-order chi connectivity index (χ0) is 11.4. The van der Waals surface area contributed by atoms with Crippen LogP contribution in [0.5, 0.6) is 0 Å². The molecule has 1 aliphatic heterocycles. The Balaban J connectivity index is 0. The molecule has 14 heavy (non-hydrogen) atoms. The largest absolute Gasteiger partial charge is 0.323 e. The van der Waals surface area contributed by atoms with Crippen molar-refractivity contribution in [3.63, 3.8) is 0 Å². The maximum absolute atomic E-state index is 4.37. The monoisotopic (exact) mass is 220 g/mol. The number of thiol groups is 1. The number of hydrogen-bond donors (Lipinski definition) is 2. The number of nitrogens with one attached hydrogen (secondary N) is 1. The fraction of sp³-hybridized carbons (Fsp3) is 1.00. The predicted molar refractivity (Wildman–Crippen MR) is 70.0 cm³/mol. The van der Waals surface area contributed by atoms with E-state index < -0.39 is 0 Å². The first-order valence-electron chi connectivity index (χ1n) is 5.80. The van der Waals surface area contributed by atoms with E-state index in [1.54, 1.807) is 0 Å². The van der Waals surface area contributed by atoms with Gasteiger partial charge in [-0.15, -0.1) is 0 Å². The van der Waals surface area contributed by atoms with Crippen LogP contribution in [0.25, 0.3) is 0 Å². The smallest absolute Gasteiger partial charge is 0.0197 e. The molecule has 0 aliphatic carbocycles. The van der Waals surface area contributed by atoms with E-state index in [0.29, 0.717) is 0 Å². The highest BCUT2D eigenvalue weighted by molar-refractivity contribution is 7.77. The Morgan fingerprint density at radius 1 is 1.29 bits per heavy atom. The molecule has 1 unspecified atom stereocenters. The van der Waals surface area contributed by atoms with Crippen LogP contribution >= 0.6 is 12.8 Å². The Hall–Kier alpha value is 0.270. The molecule has 1 rings (SSSR count). The van der Waals surface area contributed by atoms with Gasteiger partial charge in [-0.25, -0.2) is 0 Å². The molecule has 0 aromatic heterocycles. The summed E-state index contributed by atoms with van der Waals surface area (Å²) in [6.45, 7) is 7.42. The van der Waals surface area contributed by atoms with Gasteiger partial charge in [0.1, 0.15) is 0 Å². The highest BCUT2D eigenvalue weighted by atomic mass is 32.1. The summed E-state index contributed by atoms with van der Waals surface area (Å²) < 4.78 is 2.18. The second kappa shape index (κ2) is 13.3. The third-order valence-electron chi connectivity index (χ3n) is 2.07.